The molecule has 0 aromatic rings. The molecule has 462 valence electrons. The summed E-state index contributed by atoms with van der Waals surface area (Å²) in [4.78, 5) is 38.2. The van der Waals surface area contributed by atoms with Crippen LogP contribution in [0.3, 0.4) is 0 Å². The first-order valence-electron chi connectivity index (χ1n) is 33.5. The molecule has 1 atom stereocenters. The Kier molecular flexibility index (Phi) is 64.4. The van der Waals surface area contributed by atoms with E-state index >= 15 is 0 Å². The maximum absolute atomic E-state index is 12.9. The first-order chi connectivity index (χ1) is 40.5. The number of hydrogen-bond donors (Lipinski definition) is 0. The van der Waals surface area contributed by atoms with Crippen molar-refractivity contribution in [2.45, 2.75) is 290 Å². The van der Waals surface area contributed by atoms with Crippen LogP contribution in [-0.2, 0) is 28.6 Å². The van der Waals surface area contributed by atoms with E-state index in [1.807, 2.05) is 0 Å². The molecule has 0 rings (SSSR count). The van der Waals surface area contributed by atoms with Crippen LogP contribution in [0.4, 0.5) is 0 Å². The van der Waals surface area contributed by atoms with Crippen molar-refractivity contribution < 1.29 is 28.6 Å². The lowest BCUT2D eigenvalue weighted by Crippen LogP contribution is -2.30. The molecule has 0 saturated heterocycles. The third kappa shape index (κ3) is 65.8. The number of unbranched alkanes of at least 4 members (excludes halogenated alkanes) is 22. The molecule has 0 amide bonds. The summed E-state index contributed by atoms with van der Waals surface area (Å²) in [5, 5.41) is 0. The molecule has 6 nitrogen and oxygen atoms in total. The Morgan fingerprint density at radius 1 is 0.256 bits per heavy atom. The minimum absolute atomic E-state index is 0.0904. The molecule has 6 heteroatoms. The first-order valence-corrected chi connectivity index (χ1v) is 33.5. The van der Waals surface area contributed by atoms with E-state index in [4.69, 9.17) is 14.2 Å². The largest absolute Gasteiger partial charge is 0.462 e. The summed E-state index contributed by atoms with van der Waals surface area (Å²) < 4.78 is 16.9. The molecule has 0 heterocycles. The van der Waals surface area contributed by atoms with Crippen LogP contribution in [0.5, 0.6) is 0 Å². The van der Waals surface area contributed by atoms with Crippen molar-refractivity contribution in [1.29, 1.82) is 0 Å². The average Bonchev–Trinajstić information content (AvgIpc) is 3.47. The zero-order valence-electron chi connectivity index (χ0n) is 52.9. The van der Waals surface area contributed by atoms with Crippen LogP contribution < -0.4 is 0 Å². The van der Waals surface area contributed by atoms with E-state index in [-0.39, 0.29) is 31.1 Å². The first kappa shape index (κ1) is 77.0. The third-order valence-corrected chi connectivity index (χ3v) is 13.8. The van der Waals surface area contributed by atoms with Crippen LogP contribution in [0, 0.1) is 0 Å². The molecule has 0 radical (unpaired) electrons. The van der Waals surface area contributed by atoms with Crippen molar-refractivity contribution in [3.8, 4) is 0 Å². The molecule has 0 aromatic heterocycles. The lowest BCUT2D eigenvalue weighted by atomic mass is 10.1. The van der Waals surface area contributed by atoms with Gasteiger partial charge in [0.15, 0.2) is 6.10 Å². The van der Waals surface area contributed by atoms with Gasteiger partial charge in [-0.2, -0.15) is 0 Å². The van der Waals surface area contributed by atoms with E-state index in [1.54, 1.807) is 0 Å². The summed E-state index contributed by atoms with van der Waals surface area (Å²) in [7, 11) is 0. The predicted molar refractivity (Wildman–Crippen MR) is 357 cm³/mol. The Hall–Kier alpha value is -4.97. The fraction of sp³-hybridized carbons (Fsp3) is 0.618. The van der Waals surface area contributed by atoms with Crippen LogP contribution in [0.15, 0.2) is 158 Å². The highest BCUT2D eigenvalue weighted by Gasteiger charge is 2.19. The van der Waals surface area contributed by atoms with Gasteiger partial charge in [0.25, 0.3) is 0 Å². The van der Waals surface area contributed by atoms with Gasteiger partial charge in [0.05, 0.1) is 0 Å². The second kappa shape index (κ2) is 68.5. The number of ether oxygens (including phenoxy) is 3. The smallest absolute Gasteiger partial charge is 0.306 e. The van der Waals surface area contributed by atoms with Gasteiger partial charge in [-0.25, -0.2) is 0 Å². The molecule has 0 aromatic carbocycles. The van der Waals surface area contributed by atoms with Gasteiger partial charge in [0.2, 0.25) is 0 Å². The molecular weight excluding hydrogens is 1010 g/mol. The van der Waals surface area contributed by atoms with Crippen molar-refractivity contribution in [1.82, 2.24) is 0 Å². The fourth-order valence-electron chi connectivity index (χ4n) is 8.84. The van der Waals surface area contributed by atoms with Crippen LogP contribution in [0.1, 0.15) is 284 Å². The zero-order chi connectivity index (χ0) is 59.2. The Labute approximate surface area is 505 Å². The summed E-state index contributed by atoms with van der Waals surface area (Å²) in [5.41, 5.74) is 0. The van der Waals surface area contributed by atoms with E-state index in [9.17, 15) is 14.4 Å². The highest BCUT2D eigenvalue weighted by molar-refractivity contribution is 5.71. The summed E-state index contributed by atoms with van der Waals surface area (Å²) in [6.07, 6.45) is 99.9. The molecule has 0 aliphatic carbocycles. The van der Waals surface area contributed by atoms with E-state index < -0.39 is 6.10 Å². The topological polar surface area (TPSA) is 78.9 Å². The summed E-state index contributed by atoms with van der Waals surface area (Å²) in [6.45, 7) is 6.36. The molecule has 0 saturated carbocycles. The molecule has 1 unspecified atom stereocenters. The number of carbonyl (C=O) groups is 3. The van der Waals surface area contributed by atoms with Gasteiger partial charge in [-0.05, 0) is 128 Å². The molecule has 0 spiro atoms. The lowest BCUT2D eigenvalue weighted by Gasteiger charge is -2.18. The zero-order valence-corrected chi connectivity index (χ0v) is 52.9. The lowest BCUT2D eigenvalue weighted by molar-refractivity contribution is -0.167. The number of rotatable bonds is 59. The van der Waals surface area contributed by atoms with Crippen LogP contribution >= 0.6 is 0 Å². The van der Waals surface area contributed by atoms with Crippen molar-refractivity contribution in [3.63, 3.8) is 0 Å². The molecule has 0 aliphatic heterocycles. The SMILES string of the molecule is CC/C=C\C/C=C\C/C=C\C/C=C\C/C=C\C/C=C\C/C=C\C/C=C\CCCCCCCCCCCCC(=O)OCC(COC(=O)CCCCCCCCCC)OC(=O)CCCCCCC/C=C\C/C=C\C/C=C\C/C=C\C/C=C\CC. The average molecular weight is 1130 g/mol. The van der Waals surface area contributed by atoms with Crippen molar-refractivity contribution in [2.75, 3.05) is 13.2 Å². The van der Waals surface area contributed by atoms with Crippen LogP contribution in [-0.4, -0.2) is 37.2 Å². The van der Waals surface area contributed by atoms with Gasteiger partial charge < -0.3 is 14.2 Å². The normalized spacial score (nSPS) is 13.2. The number of hydrogen-bond acceptors (Lipinski definition) is 6. The minimum atomic E-state index is -0.795. The quantitative estimate of drug-likeness (QED) is 0.0261. The predicted octanol–water partition coefficient (Wildman–Crippen LogP) is 23.3. The van der Waals surface area contributed by atoms with Crippen LogP contribution in [0.2, 0.25) is 0 Å². The van der Waals surface area contributed by atoms with E-state index in [0.29, 0.717) is 19.3 Å². The van der Waals surface area contributed by atoms with Gasteiger partial charge in [0.1, 0.15) is 13.2 Å². The van der Waals surface area contributed by atoms with Crippen LogP contribution in [0.25, 0.3) is 0 Å². The Balaban J connectivity index is 4.19. The Morgan fingerprint density at radius 3 is 0.744 bits per heavy atom. The summed E-state index contributed by atoms with van der Waals surface area (Å²) in [6, 6.07) is 0. The van der Waals surface area contributed by atoms with Crippen molar-refractivity contribution in [2.24, 2.45) is 0 Å². The third-order valence-electron chi connectivity index (χ3n) is 13.8. The van der Waals surface area contributed by atoms with Gasteiger partial charge >= 0.3 is 17.9 Å². The maximum atomic E-state index is 12.9. The van der Waals surface area contributed by atoms with Gasteiger partial charge in [-0.15, -0.1) is 0 Å². The monoisotopic (exact) mass is 1130 g/mol. The van der Waals surface area contributed by atoms with Crippen molar-refractivity contribution >= 4 is 17.9 Å². The highest BCUT2D eigenvalue weighted by Crippen LogP contribution is 2.15. The molecule has 0 fully saturated rings. The standard InChI is InChI=1S/C76H122O6/c1-4-7-10-13-16-19-21-23-25-27-29-31-32-33-34-35-36-37-38-39-40-41-42-43-44-46-47-49-51-53-55-57-60-63-66-69-75(78)81-72-73(71-80-74(77)68-65-62-59-18-15-12-9-6-3)82-76(79)70-67-64-61-58-56-54-52-50-48-45-30-28-26-24-22-20-17-14-11-8-5-2/h7-8,10-11,16-17,19-20,23-26,29-31,33-34,36-37,39-40,42-43,45,50,52,73H,4-6,9,12-15,18,21-22,27-28,32,35,38,41,44,46-49,51,53-72H2,1-3H3/b10-7-,11-8-,19-16-,20-17-,25-23-,26-24-,31-29-,34-33-,37-36-,40-39-,43-42-,45-30-,52-50-. The number of carbonyl (C=O) groups excluding carboxylic acids is 3. The van der Waals surface area contributed by atoms with E-state index in [1.165, 1.54) is 77.0 Å². The Bertz CT molecular complexity index is 1830. The number of esters is 3. The van der Waals surface area contributed by atoms with Gasteiger partial charge in [-0.1, -0.05) is 294 Å². The van der Waals surface area contributed by atoms with E-state index in [0.717, 1.165) is 167 Å². The summed E-state index contributed by atoms with van der Waals surface area (Å²) in [5.74, 6) is -0.919. The maximum Gasteiger partial charge on any atom is 0.306 e. The second-order valence-corrected chi connectivity index (χ2v) is 21.6. The summed E-state index contributed by atoms with van der Waals surface area (Å²) >= 11 is 0. The van der Waals surface area contributed by atoms with Gasteiger partial charge in [0, 0.05) is 19.3 Å². The molecule has 82 heavy (non-hydrogen) atoms. The number of allylic oxidation sites excluding steroid dienone is 26. The second-order valence-electron chi connectivity index (χ2n) is 21.6. The molecular formula is C76H122O6. The molecule has 0 bridgehead atoms. The van der Waals surface area contributed by atoms with Crippen molar-refractivity contribution in [3.05, 3.63) is 158 Å². The minimum Gasteiger partial charge on any atom is -0.462 e. The molecule has 0 N–H and O–H groups in total. The Morgan fingerprint density at radius 2 is 0.476 bits per heavy atom. The fourth-order valence-corrected chi connectivity index (χ4v) is 8.84. The molecule has 0 aliphatic rings. The van der Waals surface area contributed by atoms with E-state index in [2.05, 4.69) is 179 Å². The highest BCUT2D eigenvalue weighted by atomic mass is 16.6. The van der Waals surface area contributed by atoms with Gasteiger partial charge in [-0.3, -0.25) is 14.4 Å².